The molecule has 3 saturated heterocycles. The topological polar surface area (TPSA) is 52.2 Å². The lowest BCUT2D eigenvalue weighted by atomic mass is 10.1. The van der Waals surface area contributed by atoms with Gasteiger partial charge in [0.05, 0.1) is 18.8 Å². The predicted octanol–water partition coefficient (Wildman–Crippen LogP) is 3.06. The molecule has 4 rings (SSSR count). The number of halogens is 2. The summed E-state index contributed by atoms with van der Waals surface area (Å²) in [5.41, 5.74) is 0.813. The van der Waals surface area contributed by atoms with Gasteiger partial charge in [0, 0.05) is 64.5 Å². The number of anilines is 2. The maximum absolute atomic E-state index is 13.8. The van der Waals surface area contributed by atoms with Crippen LogP contribution in [0.1, 0.15) is 32.6 Å². The number of alkyl halides is 2. The molecule has 0 bridgehead atoms. The van der Waals surface area contributed by atoms with Crippen molar-refractivity contribution >= 4 is 17.6 Å². The van der Waals surface area contributed by atoms with E-state index in [1.54, 1.807) is 11.1 Å². The van der Waals surface area contributed by atoms with Crippen molar-refractivity contribution in [3.8, 4) is 0 Å². The lowest BCUT2D eigenvalue weighted by Crippen LogP contribution is -2.51. The summed E-state index contributed by atoms with van der Waals surface area (Å²) in [6.45, 7) is 7.34. The van der Waals surface area contributed by atoms with Gasteiger partial charge in [-0.25, -0.2) is 18.6 Å². The second-order valence-electron chi connectivity index (χ2n) is 8.67. The van der Waals surface area contributed by atoms with E-state index in [2.05, 4.69) is 14.8 Å². The van der Waals surface area contributed by atoms with Crippen molar-refractivity contribution in [2.24, 2.45) is 0 Å². The summed E-state index contributed by atoms with van der Waals surface area (Å²) >= 11 is 0. The number of ether oxygens (including phenoxy) is 1. The third-order valence-corrected chi connectivity index (χ3v) is 6.63. The molecule has 0 spiro atoms. The van der Waals surface area contributed by atoms with Crippen molar-refractivity contribution in [1.29, 1.82) is 0 Å². The zero-order valence-electron chi connectivity index (χ0n) is 18.3. The first kappa shape index (κ1) is 22.0. The van der Waals surface area contributed by atoms with Gasteiger partial charge >= 0.3 is 6.09 Å². The molecule has 3 aliphatic rings. The SMILES string of the molecule is CCOC(=O)N1CCCC(N2CCN(c3ncccc3N3CCC(F)(F)C3)CC2)CC1. The number of carbonyl (C=O) groups excluding carboxylic acids is 1. The van der Waals surface area contributed by atoms with E-state index in [1.165, 1.54) is 0 Å². The molecule has 3 fully saturated rings. The smallest absolute Gasteiger partial charge is 0.409 e. The van der Waals surface area contributed by atoms with Gasteiger partial charge in [0.15, 0.2) is 5.82 Å². The van der Waals surface area contributed by atoms with Crippen LogP contribution in [-0.4, -0.2) is 91.8 Å². The quantitative estimate of drug-likeness (QED) is 0.722. The van der Waals surface area contributed by atoms with Crippen LogP contribution in [0.4, 0.5) is 25.1 Å². The van der Waals surface area contributed by atoms with E-state index < -0.39 is 5.92 Å². The predicted molar refractivity (Wildman–Crippen MR) is 116 cm³/mol. The van der Waals surface area contributed by atoms with E-state index >= 15 is 0 Å². The van der Waals surface area contributed by atoms with Gasteiger partial charge in [-0.2, -0.15) is 0 Å². The molecule has 7 nitrogen and oxygen atoms in total. The summed E-state index contributed by atoms with van der Waals surface area (Å²) in [5, 5.41) is 0. The largest absolute Gasteiger partial charge is 0.450 e. The molecular formula is C22H33F2N5O2. The Morgan fingerprint density at radius 1 is 1.13 bits per heavy atom. The molecule has 0 saturated carbocycles. The van der Waals surface area contributed by atoms with Gasteiger partial charge in [0.25, 0.3) is 5.92 Å². The number of pyridine rings is 1. The number of hydrogen-bond acceptors (Lipinski definition) is 6. The molecule has 1 unspecified atom stereocenters. The lowest BCUT2D eigenvalue weighted by Gasteiger charge is -2.40. The molecule has 31 heavy (non-hydrogen) atoms. The Labute approximate surface area is 182 Å². The highest BCUT2D eigenvalue weighted by molar-refractivity contribution is 5.68. The van der Waals surface area contributed by atoms with Crippen LogP contribution < -0.4 is 9.80 Å². The van der Waals surface area contributed by atoms with E-state index in [4.69, 9.17) is 4.74 Å². The number of nitrogens with zero attached hydrogens (tertiary/aromatic N) is 5. The normalized spacial score (nSPS) is 24.9. The van der Waals surface area contributed by atoms with Crippen LogP contribution in [0.2, 0.25) is 0 Å². The highest BCUT2D eigenvalue weighted by Crippen LogP contribution is 2.35. The standard InChI is InChI=1S/C22H33F2N5O2/c1-2-31-21(30)28-10-4-5-18(7-11-28)26-13-15-27(16-14-26)20-19(6-3-9-25-20)29-12-8-22(23,24)17-29/h3,6,9,18H,2,4-5,7-8,10-17H2,1H3. The van der Waals surface area contributed by atoms with Crippen molar-refractivity contribution in [1.82, 2.24) is 14.8 Å². The Kier molecular flexibility index (Phi) is 6.79. The molecular weight excluding hydrogens is 404 g/mol. The zero-order valence-corrected chi connectivity index (χ0v) is 18.3. The third-order valence-electron chi connectivity index (χ3n) is 6.63. The second kappa shape index (κ2) is 9.54. The van der Waals surface area contributed by atoms with Crippen LogP contribution in [0.5, 0.6) is 0 Å². The van der Waals surface area contributed by atoms with Crippen LogP contribution in [0, 0.1) is 0 Å². The summed E-state index contributed by atoms with van der Waals surface area (Å²) in [5.74, 6) is -1.81. The van der Waals surface area contributed by atoms with Crippen LogP contribution in [-0.2, 0) is 4.74 Å². The number of piperazine rings is 1. The number of carbonyl (C=O) groups is 1. The Hall–Kier alpha value is -2.16. The molecule has 1 amide bonds. The summed E-state index contributed by atoms with van der Waals surface area (Å²) in [4.78, 5) is 24.9. The van der Waals surface area contributed by atoms with Gasteiger partial charge in [-0.3, -0.25) is 4.90 Å². The highest BCUT2D eigenvalue weighted by Gasteiger charge is 2.39. The van der Waals surface area contributed by atoms with Crippen molar-refractivity contribution in [2.75, 3.05) is 68.8 Å². The van der Waals surface area contributed by atoms with Crippen LogP contribution in [0.3, 0.4) is 0 Å². The van der Waals surface area contributed by atoms with E-state index in [9.17, 15) is 13.6 Å². The maximum Gasteiger partial charge on any atom is 0.409 e. The minimum absolute atomic E-state index is 0.0976. The molecule has 0 N–H and O–H groups in total. The fourth-order valence-corrected chi connectivity index (χ4v) is 4.96. The number of rotatable bonds is 4. The molecule has 1 aromatic rings. The first-order chi connectivity index (χ1) is 15.0. The molecule has 9 heteroatoms. The minimum Gasteiger partial charge on any atom is -0.450 e. The Balaban J connectivity index is 1.34. The summed E-state index contributed by atoms with van der Waals surface area (Å²) < 4.78 is 32.7. The number of amides is 1. The fraction of sp³-hybridized carbons (Fsp3) is 0.727. The average Bonchev–Trinajstić information content (AvgIpc) is 2.98. The fourth-order valence-electron chi connectivity index (χ4n) is 4.96. The van der Waals surface area contributed by atoms with Crippen LogP contribution in [0.15, 0.2) is 18.3 Å². The average molecular weight is 438 g/mol. The van der Waals surface area contributed by atoms with Crippen molar-refractivity contribution in [3.63, 3.8) is 0 Å². The van der Waals surface area contributed by atoms with E-state index in [0.29, 0.717) is 19.2 Å². The van der Waals surface area contributed by atoms with E-state index in [0.717, 1.165) is 70.0 Å². The van der Waals surface area contributed by atoms with Gasteiger partial charge in [-0.15, -0.1) is 0 Å². The van der Waals surface area contributed by atoms with Crippen molar-refractivity contribution in [2.45, 2.75) is 44.6 Å². The second-order valence-corrected chi connectivity index (χ2v) is 8.67. The van der Waals surface area contributed by atoms with Gasteiger partial charge in [-0.1, -0.05) is 0 Å². The molecule has 0 radical (unpaired) electrons. The van der Waals surface area contributed by atoms with Gasteiger partial charge in [0.2, 0.25) is 0 Å². The Morgan fingerprint density at radius 3 is 2.65 bits per heavy atom. The van der Waals surface area contributed by atoms with Crippen molar-refractivity contribution < 1.29 is 18.3 Å². The molecule has 0 aliphatic carbocycles. The summed E-state index contributed by atoms with van der Waals surface area (Å²) in [6.07, 6.45) is 4.46. The van der Waals surface area contributed by atoms with Crippen molar-refractivity contribution in [3.05, 3.63) is 18.3 Å². The molecule has 172 valence electrons. The maximum atomic E-state index is 13.8. The lowest BCUT2D eigenvalue weighted by molar-refractivity contribution is 0.0257. The van der Waals surface area contributed by atoms with Crippen LogP contribution in [0.25, 0.3) is 0 Å². The number of likely N-dealkylation sites (tertiary alicyclic amines) is 1. The van der Waals surface area contributed by atoms with Gasteiger partial charge in [0.1, 0.15) is 0 Å². The molecule has 3 aliphatic heterocycles. The van der Waals surface area contributed by atoms with E-state index in [-0.39, 0.29) is 19.1 Å². The number of aromatic nitrogens is 1. The first-order valence-corrected chi connectivity index (χ1v) is 11.5. The van der Waals surface area contributed by atoms with Gasteiger partial charge in [-0.05, 0) is 38.3 Å². The van der Waals surface area contributed by atoms with E-state index in [1.807, 2.05) is 24.0 Å². The first-order valence-electron chi connectivity index (χ1n) is 11.5. The molecule has 0 aromatic carbocycles. The summed E-state index contributed by atoms with van der Waals surface area (Å²) in [6, 6.07) is 4.19. The minimum atomic E-state index is -2.62. The zero-order chi connectivity index (χ0) is 21.8. The Morgan fingerprint density at radius 2 is 1.94 bits per heavy atom. The molecule has 1 atom stereocenters. The highest BCUT2D eigenvalue weighted by atomic mass is 19.3. The monoisotopic (exact) mass is 437 g/mol. The molecule has 1 aromatic heterocycles. The van der Waals surface area contributed by atoms with Gasteiger partial charge < -0.3 is 19.4 Å². The van der Waals surface area contributed by atoms with Crippen LogP contribution >= 0.6 is 0 Å². The number of hydrogen-bond donors (Lipinski definition) is 0. The summed E-state index contributed by atoms with van der Waals surface area (Å²) in [7, 11) is 0. The Bertz CT molecular complexity index is 757. The third kappa shape index (κ3) is 5.19. The molecule has 4 heterocycles.